The van der Waals surface area contributed by atoms with Crippen molar-refractivity contribution < 1.29 is 58.3 Å². The fourth-order valence-corrected chi connectivity index (χ4v) is 7.71. The lowest BCUT2D eigenvalue weighted by Crippen LogP contribution is -2.64. The highest BCUT2D eigenvalue weighted by atomic mass is 31.2. The maximum Gasteiger partial charge on any atom is 0.472 e. The van der Waals surface area contributed by atoms with Crippen molar-refractivity contribution in [2.75, 3.05) is 19.8 Å². The summed E-state index contributed by atoms with van der Waals surface area (Å²) in [6.45, 7) is 4.23. The Morgan fingerprint density at radius 3 is 1.52 bits per heavy atom. The zero-order valence-corrected chi connectivity index (χ0v) is 35.8. The van der Waals surface area contributed by atoms with Crippen LogP contribution in [0.25, 0.3) is 0 Å². The van der Waals surface area contributed by atoms with Gasteiger partial charge in [-0.05, 0) is 44.9 Å². The zero-order chi connectivity index (χ0) is 41.3. The summed E-state index contributed by atoms with van der Waals surface area (Å²) in [5, 5.41) is 50.1. The van der Waals surface area contributed by atoms with Crippen molar-refractivity contribution >= 4 is 13.8 Å². The van der Waals surface area contributed by atoms with Gasteiger partial charge in [0.05, 0.1) is 13.2 Å². The van der Waals surface area contributed by atoms with Gasteiger partial charge in [-0.15, -0.1) is 0 Å². The highest BCUT2D eigenvalue weighted by molar-refractivity contribution is 7.47. The summed E-state index contributed by atoms with van der Waals surface area (Å²) in [6.07, 6.45) is 25.3. The van der Waals surface area contributed by atoms with E-state index in [0.717, 1.165) is 64.2 Å². The van der Waals surface area contributed by atoms with E-state index in [4.69, 9.17) is 18.5 Å². The minimum Gasteiger partial charge on any atom is -0.457 e. The Labute approximate surface area is 339 Å². The molecular formula is C43H81O12P. The van der Waals surface area contributed by atoms with Crippen molar-refractivity contribution in [3.8, 4) is 0 Å². The number of carbonyl (C=O) groups is 1. The van der Waals surface area contributed by atoms with Crippen LogP contribution in [0.5, 0.6) is 0 Å². The molecule has 56 heavy (non-hydrogen) atoms. The molecule has 0 aromatic rings. The molecule has 1 aliphatic carbocycles. The van der Waals surface area contributed by atoms with Gasteiger partial charge in [0.15, 0.2) is 0 Å². The first-order valence-electron chi connectivity index (χ1n) is 22.2. The van der Waals surface area contributed by atoms with Crippen LogP contribution in [0.3, 0.4) is 0 Å². The molecule has 0 amide bonds. The quantitative estimate of drug-likeness (QED) is 0.0152. The smallest absolute Gasteiger partial charge is 0.457 e. The van der Waals surface area contributed by atoms with Crippen LogP contribution in [0.15, 0.2) is 24.3 Å². The number of esters is 1. The maximum atomic E-state index is 12.8. The van der Waals surface area contributed by atoms with Crippen LogP contribution in [0.2, 0.25) is 0 Å². The van der Waals surface area contributed by atoms with Crippen molar-refractivity contribution in [2.45, 2.75) is 224 Å². The van der Waals surface area contributed by atoms with E-state index in [1.54, 1.807) is 0 Å². The van der Waals surface area contributed by atoms with Gasteiger partial charge >= 0.3 is 13.8 Å². The van der Waals surface area contributed by atoms with Crippen molar-refractivity contribution in [3.63, 3.8) is 0 Å². The van der Waals surface area contributed by atoms with Crippen LogP contribution in [0.4, 0.5) is 0 Å². The largest absolute Gasteiger partial charge is 0.472 e. The number of aliphatic hydroxyl groups is 5. The first-order chi connectivity index (χ1) is 27.0. The second-order valence-corrected chi connectivity index (χ2v) is 17.0. The molecule has 1 saturated carbocycles. The fourth-order valence-electron chi connectivity index (χ4n) is 6.74. The predicted octanol–water partition coefficient (Wildman–Crippen LogP) is 8.53. The second kappa shape index (κ2) is 34.7. The summed E-state index contributed by atoms with van der Waals surface area (Å²) in [7, 11) is -5.01. The van der Waals surface area contributed by atoms with Crippen LogP contribution in [0, 0.1) is 0 Å². The van der Waals surface area contributed by atoms with Gasteiger partial charge < -0.3 is 39.9 Å². The number of rotatable bonds is 37. The highest BCUT2D eigenvalue weighted by Gasteiger charge is 2.51. The maximum absolute atomic E-state index is 12.8. The summed E-state index contributed by atoms with van der Waals surface area (Å²) in [4.78, 5) is 23.1. The molecule has 330 valence electrons. The molecule has 0 aliphatic heterocycles. The summed E-state index contributed by atoms with van der Waals surface area (Å²) >= 11 is 0. The molecule has 1 aliphatic rings. The van der Waals surface area contributed by atoms with Gasteiger partial charge in [0, 0.05) is 13.0 Å². The summed E-state index contributed by atoms with van der Waals surface area (Å²) in [5.74, 6) is -0.489. The van der Waals surface area contributed by atoms with Gasteiger partial charge in [0.2, 0.25) is 0 Å². The second-order valence-electron chi connectivity index (χ2n) is 15.6. The van der Waals surface area contributed by atoms with E-state index in [1.807, 2.05) is 0 Å². The lowest BCUT2D eigenvalue weighted by molar-refractivity contribution is -0.220. The van der Waals surface area contributed by atoms with Gasteiger partial charge in [-0.2, -0.15) is 0 Å². The molecule has 12 nitrogen and oxygen atoms in total. The minimum absolute atomic E-state index is 0.0788. The fraction of sp³-hybridized carbons (Fsp3) is 0.884. The third-order valence-corrected chi connectivity index (χ3v) is 11.3. The molecule has 0 aromatic heterocycles. The Bertz CT molecular complexity index is 1030. The van der Waals surface area contributed by atoms with Gasteiger partial charge in [-0.3, -0.25) is 13.8 Å². The molecule has 6 atom stereocenters. The number of phosphoric ester groups is 1. The minimum atomic E-state index is -5.01. The predicted molar refractivity (Wildman–Crippen MR) is 221 cm³/mol. The highest BCUT2D eigenvalue weighted by Crippen LogP contribution is 2.47. The number of hydrogen-bond acceptors (Lipinski definition) is 11. The van der Waals surface area contributed by atoms with Crippen molar-refractivity contribution in [2.24, 2.45) is 0 Å². The molecule has 1 rings (SSSR count). The Kier molecular flexibility index (Phi) is 32.7. The molecular weight excluding hydrogens is 739 g/mol. The summed E-state index contributed by atoms with van der Waals surface area (Å²) in [6, 6.07) is 0. The molecule has 0 aromatic carbocycles. The molecule has 1 fully saturated rings. The summed E-state index contributed by atoms with van der Waals surface area (Å²) < 4.78 is 34.1. The van der Waals surface area contributed by atoms with Crippen LogP contribution in [-0.2, 0) is 27.9 Å². The topological polar surface area (TPSA) is 192 Å². The first kappa shape index (κ1) is 52.8. The van der Waals surface area contributed by atoms with E-state index < -0.39 is 63.1 Å². The number of phosphoric acid groups is 1. The third-order valence-electron chi connectivity index (χ3n) is 10.3. The van der Waals surface area contributed by atoms with E-state index in [0.29, 0.717) is 13.0 Å². The monoisotopic (exact) mass is 821 g/mol. The first-order valence-corrected chi connectivity index (χ1v) is 23.7. The van der Waals surface area contributed by atoms with Gasteiger partial charge in [-0.25, -0.2) is 4.57 Å². The lowest BCUT2D eigenvalue weighted by Gasteiger charge is -2.41. The number of carbonyl (C=O) groups excluding carboxylic acids is 1. The van der Waals surface area contributed by atoms with E-state index in [-0.39, 0.29) is 13.0 Å². The normalized spacial score (nSPS) is 23.2. The van der Waals surface area contributed by atoms with Gasteiger partial charge in [-0.1, -0.05) is 154 Å². The third kappa shape index (κ3) is 26.7. The van der Waals surface area contributed by atoms with Gasteiger partial charge in [0.25, 0.3) is 0 Å². The Morgan fingerprint density at radius 1 is 0.571 bits per heavy atom. The Morgan fingerprint density at radius 2 is 1.00 bits per heavy atom. The molecule has 0 bridgehead atoms. The Balaban J connectivity index is 2.43. The van der Waals surface area contributed by atoms with Crippen LogP contribution in [-0.4, -0.2) is 98.9 Å². The van der Waals surface area contributed by atoms with E-state index in [2.05, 4.69) is 38.2 Å². The molecule has 6 unspecified atom stereocenters. The number of allylic oxidation sites excluding steroid dienone is 4. The van der Waals surface area contributed by atoms with Crippen molar-refractivity contribution in [1.82, 2.24) is 0 Å². The standard InChI is InChI=1S/C43H81O12P/c1-3-5-7-9-11-13-15-17-18-19-20-22-24-26-28-30-32-37(44)54-36(34-52-33-31-29-27-25-23-21-16-14-12-10-8-6-4-2)35-53-56(50,51)55-43-41(48)39(46)38(45)40(47)42(43)49/h13,15,18-19,36,38-43,45-49H,3-12,14,16-17,20-35H2,1-2H3,(H,50,51)/b15-13-,19-18-. The van der Waals surface area contributed by atoms with E-state index in [9.17, 15) is 39.8 Å². The van der Waals surface area contributed by atoms with Gasteiger partial charge in [0.1, 0.15) is 42.7 Å². The average Bonchev–Trinajstić information content (AvgIpc) is 3.18. The molecule has 13 heteroatoms. The van der Waals surface area contributed by atoms with Crippen LogP contribution in [0.1, 0.15) is 181 Å². The van der Waals surface area contributed by atoms with E-state index in [1.165, 1.54) is 89.9 Å². The van der Waals surface area contributed by atoms with Crippen LogP contribution < -0.4 is 0 Å². The number of aliphatic hydroxyl groups excluding tert-OH is 5. The van der Waals surface area contributed by atoms with Crippen LogP contribution >= 0.6 is 7.82 Å². The van der Waals surface area contributed by atoms with Crippen molar-refractivity contribution in [1.29, 1.82) is 0 Å². The molecule has 0 saturated heterocycles. The Hall–Kier alpha value is -1.18. The zero-order valence-electron chi connectivity index (χ0n) is 34.9. The number of unbranched alkanes of at least 4 members (excludes halogenated alkanes) is 21. The molecule has 6 N–H and O–H groups in total. The molecule has 0 spiro atoms. The SMILES string of the molecule is CCCCCC/C=C\C/C=C\CCCCCCCC(=O)OC(COCCCCCCCCCCCCCCC)COP(=O)(O)OC1C(O)C(O)C(O)C(O)C1O. The molecule has 0 heterocycles. The van der Waals surface area contributed by atoms with Crippen molar-refractivity contribution in [3.05, 3.63) is 24.3 Å². The molecule has 0 radical (unpaired) electrons. The lowest BCUT2D eigenvalue weighted by atomic mass is 9.85. The average molecular weight is 821 g/mol. The van der Waals surface area contributed by atoms with E-state index >= 15 is 0 Å². The summed E-state index contributed by atoms with van der Waals surface area (Å²) in [5.41, 5.74) is 0. The number of hydrogen-bond donors (Lipinski definition) is 6. The number of ether oxygens (including phenoxy) is 2.